The van der Waals surface area contributed by atoms with Gasteiger partial charge in [-0.2, -0.15) is 0 Å². The van der Waals surface area contributed by atoms with E-state index in [0.29, 0.717) is 5.46 Å². The molecule has 2 rings (SSSR count). The molecule has 1 aliphatic rings. The van der Waals surface area contributed by atoms with E-state index in [4.69, 9.17) is 17.7 Å². The summed E-state index contributed by atoms with van der Waals surface area (Å²) in [6, 6.07) is 5.68. The molecule has 0 amide bonds. The molecular formula is C9H9BO2. The molecule has 1 N–H and O–H groups in total. The van der Waals surface area contributed by atoms with Gasteiger partial charge >= 0.3 is 0 Å². The first-order valence-electron chi connectivity index (χ1n) is 3.96. The van der Waals surface area contributed by atoms with Gasteiger partial charge in [0.05, 0.1) is 6.61 Å². The van der Waals surface area contributed by atoms with Gasteiger partial charge in [-0.15, -0.1) is 0 Å². The Balaban J connectivity index is 2.35. The van der Waals surface area contributed by atoms with Crippen LogP contribution in [0.3, 0.4) is 0 Å². The van der Waals surface area contributed by atoms with Crippen molar-refractivity contribution >= 4 is 13.3 Å². The van der Waals surface area contributed by atoms with Crippen molar-refractivity contribution in [3.8, 4) is 5.75 Å². The highest BCUT2D eigenvalue weighted by Gasteiger charge is 2.22. The lowest BCUT2D eigenvalue weighted by Crippen LogP contribution is -2.18. The van der Waals surface area contributed by atoms with Gasteiger partial charge in [0.2, 0.25) is 0 Å². The third-order valence-electron chi connectivity index (χ3n) is 2.06. The standard InChI is InChI=1S/C9H9BO2/c10-8-3-1-2-6-4-7(5-11)12-9(6)8/h1-3,7,11H,4-5H2. The van der Waals surface area contributed by atoms with Crippen LogP contribution in [0.5, 0.6) is 5.75 Å². The van der Waals surface area contributed by atoms with Crippen molar-refractivity contribution in [2.24, 2.45) is 0 Å². The SMILES string of the molecule is [B]c1cccc2c1OC(CO)C2. The van der Waals surface area contributed by atoms with Crippen LogP contribution < -0.4 is 10.2 Å². The molecule has 0 saturated carbocycles. The molecule has 0 bridgehead atoms. The number of benzene rings is 1. The summed E-state index contributed by atoms with van der Waals surface area (Å²) >= 11 is 0. The summed E-state index contributed by atoms with van der Waals surface area (Å²) in [5.74, 6) is 0.747. The second-order valence-corrected chi connectivity index (χ2v) is 2.96. The van der Waals surface area contributed by atoms with Gasteiger partial charge in [-0.25, -0.2) is 0 Å². The van der Waals surface area contributed by atoms with Crippen LogP contribution in [0, 0.1) is 0 Å². The first-order chi connectivity index (χ1) is 5.81. The van der Waals surface area contributed by atoms with Crippen molar-refractivity contribution in [3.63, 3.8) is 0 Å². The number of aliphatic hydroxyl groups excluding tert-OH is 1. The number of aliphatic hydroxyl groups is 1. The maximum atomic E-state index is 8.86. The lowest BCUT2D eigenvalue weighted by Gasteiger charge is -2.07. The summed E-state index contributed by atoms with van der Waals surface area (Å²) in [6.45, 7) is 0.0497. The number of para-hydroxylation sites is 1. The van der Waals surface area contributed by atoms with Crippen molar-refractivity contribution < 1.29 is 9.84 Å². The Labute approximate surface area is 72.6 Å². The molecular weight excluding hydrogens is 151 g/mol. The molecule has 12 heavy (non-hydrogen) atoms. The van der Waals surface area contributed by atoms with E-state index in [9.17, 15) is 0 Å². The predicted molar refractivity (Wildman–Crippen MR) is 47.0 cm³/mol. The molecule has 0 spiro atoms. The van der Waals surface area contributed by atoms with Crippen LogP contribution in [-0.2, 0) is 6.42 Å². The predicted octanol–water partition coefficient (Wildman–Crippen LogP) is -0.224. The van der Waals surface area contributed by atoms with Gasteiger partial charge in [-0.05, 0) is 5.56 Å². The zero-order valence-corrected chi connectivity index (χ0v) is 6.66. The highest BCUT2D eigenvalue weighted by Crippen LogP contribution is 2.25. The lowest BCUT2D eigenvalue weighted by atomic mass is 9.93. The highest BCUT2D eigenvalue weighted by molar-refractivity contribution is 6.34. The normalized spacial score (nSPS) is 20.2. The Kier molecular flexibility index (Phi) is 1.81. The van der Waals surface area contributed by atoms with E-state index in [1.807, 2.05) is 12.1 Å². The maximum absolute atomic E-state index is 8.86. The number of ether oxygens (including phenoxy) is 1. The van der Waals surface area contributed by atoms with Crippen LogP contribution in [0.2, 0.25) is 0 Å². The van der Waals surface area contributed by atoms with E-state index in [1.165, 1.54) is 0 Å². The van der Waals surface area contributed by atoms with E-state index in [2.05, 4.69) is 0 Å². The van der Waals surface area contributed by atoms with E-state index in [0.717, 1.165) is 17.7 Å². The summed E-state index contributed by atoms with van der Waals surface area (Å²) < 4.78 is 5.41. The Hall–Kier alpha value is -0.955. The summed E-state index contributed by atoms with van der Waals surface area (Å²) in [4.78, 5) is 0. The Morgan fingerprint density at radius 2 is 2.42 bits per heavy atom. The topological polar surface area (TPSA) is 29.5 Å². The molecule has 1 aromatic rings. The maximum Gasteiger partial charge on any atom is 0.126 e. The molecule has 1 aromatic carbocycles. The zero-order valence-electron chi connectivity index (χ0n) is 6.66. The molecule has 60 valence electrons. The Bertz CT molecular complexity index is 299. The van der Waals surface area contributed by atoms with Crippen molar-refractivity contribution in [1.82, 2.24) is 0 Å². The molecule has 1 heterocycles. The molecule has 1 unspecified atom stereocenters. The fourth-order valence-electron chi connectivity index (χ4n) is 1.46. The molecule has 0 aliphatic carbocycles. The fraction of sp³-hybridized carbons (Fsp3) is 0.333. The van der Waals surface area contributed by atoms with E-state index in [1.54, 1.807) is 6.07 Å². The Morgan fingerprint density at radius 1 is 1.58 bits per heavy atom. The van der Waals surface area contributed by atoms with Crippen LogP contribution in [0.1, 0.15) is 5.56 Å². The van der Waals surface area contributed by atoms with Gasteiger partial charge in [-0.3, -0.25) is 0 Å². The van der Waals surface area contributed by atoms with Gasteiger partial charge in [0.15, 0.2) is 0 Å². The van der Waals surface area contributed by atoms with Gasteiger partial charge < -0.3 is 9.84 Å². The van der Waals surface area contributed by atoms with Crippen molar-refractivity contribution in [2.75, 3.05) is 6.61 Å². The van der Waals surface area contributed by atoms with Gasteiger partial charge in [0.1, 0.15) is 19.7 Å². The highest BCUT2D eigenvalue weighted by atomic mass is 16.5. The monoisotopic (exact) mass is 160 g/mol. The second-order valence-electron chi connectivity index (χ2n) is 2.96. The van der Waals surface area contributed by atoms with Crippen LogP contribution >= 0.6 is 0 Å². The molecule has 0 saturated heterocycles. The van der Waals surface area contributed by atoms with Crippen LogP contribution in [0.15, 0.2) is 18.2 Å². The summed E-state index contributed by atoms with van der Waals surface area (Å²) in [7, 11) is 5.68. The van der Waals surface area contributed by atoms with Crippen molar-refractivity contribution in [2.45, 2.75) is 12.5 Å². The van der Waals surface area contributed by atoms with Crippen LogP contribution in [0.25, 0.3) is 0 Å². The van der Waals surface area contributed by atoms with Gasteiger partial charge in [-0.1, -0.05) is 23.7 Å². The molecule has 0 fully saturated rings. The average Bonchev–Trinajstić information content (AvgIpc) is 2.49. The number of hydrogen-bond donors (Lipinski definition) is 1. The summed E-state index contributed by atoms with van der Waals surface area (Å²) in [5.41, 5.74) is 1.75. The minimum Gasteiger partial charge on any atom is -0.488 e. The van der Waals surface area contributed by atoms with Crippen molar-refractivity contribution in [3.05, 3.63) is 23.8 Å². The van der Waals surface area contributed by atoms with Gasteiger partial charge in [0, 0.05) is 6.42 Å². The minimum atomic E-state index is -0.107. The summed E-state index contributed by atoms with van der Waals surface area (Å²) in [6.07, 6.45) is 0.654. The summed E-state index contributed by atoms with van der Waals surface area (Å²) in [5, 5.41) is 8.86. The average molecular weight is 160 g/mol. The smallest absolute Gasteiger partial charge is 0.126 e. The van der Waals surface area contributed by atoms with Crippen LogP contribution in [0.4, 0.5) is 0 Å². The second kappa shape index (κ2) is 2.83. The third-order valence-corrected chi connectivity index (χ3v) is 2.06. The van der Waals surface area contributed by atoms with E-state index in [-0.39, 0.29) is 12.7 Å². The first kappa shape index (κ1) is 7.68. The first-order valence-corrected chi connectivity index (χ1v) is 3.96. The zero-order chi connectivity index (χ0) is 8.55. The molecule has 2 nitrogen and oxygen atoms in total. The Morgan fingerprint density at radius 3 is 3.08 bits per heavy atom. The lowest BCUT2D eigenvalue weighted by molar-refractivity contribution is 0.135. The minimum absolute atomic E-state index is 0.0497. The molecule has 1 aliphatic heterocycles. The van der Waals surface area contributed by atoms with Crippen LogP contribution in [-0.4, -0.2) is 25.7 Å². The molecule has 1 atom stereocenters. The van der Waals surface area contributed by atoms with Gasteiger partial charge in [0.25, 0.3) is 0 Å². The molecule has 2 radical (unpaired) electrons. The molecule has 3 heteroatoms. The third kappa shape index (κ3) is 1.10. The number of hydrogen-bond acceptors (Lipinski definition) is 2. The quantitative estimate of drug-likeness (QED) is 0.575. The van der Waals surface area contributed by atoms with E-state index < -0.39 is 0 Å². The number of fused-ring (bicyclic) bond motifs is 1. The van der Waals surface area contributed by atoms with E-state index >= 15 is 0 Å². The largest absolute Gasteiger partial charge is 0.488 e. The number of rotatable bonds is 1. The molecule has 0 aromatic heterocycles. The van der Waals surface area contributed by atoms with Crippen molar-refractivity contribution in [1.29, 1.82) is 0 Å². The fourth-order valence-corrected chi connectivity index (χ4v) is 1.46.